The molecule has 0 radical (unpaired) electrons. The Kier molecular flexibility index (Phi) is 3.21. The molecule has 0 saturated carbocycles. The van der Waals surface area contributed by atoms with E-state index < -0.39 is 11.2 Å². The molecule has 86 valence electrons. The molecule has 0 spiro atoms. The summed E-state index contributed by atoms with van der Waals surface area (Å²) in [4.78, 5) is 22.6. The van der Waals surface area contributed by atoms with Gasteiger partial charge in [0.15, 0.2) is 0 Å². The van der Waals surface area contributed by atoms with Crippen molar-refractivity contribution in [2.24, 2.45) is 0 Å². The summed E-state index contributed by atoms with van der Waals surface area (Å²) in [5, 5.41) is 0.537. The topological polar surface area (TPSA) is 52.2 Å². The predicted molar refractivity (Wildman–Crippen MR) is 66.4 cm³/mol. The first-order valence-electron chi connectivity index (χ1n) is 4.61. The van der Waals surface area contributed by atoms with Crippen LogP contribution in [0.1, 0.15) is 0 Å². The van der Waals surface area contributed by atoms with Crippen LogP contribution in [0, 0.1) is 4.84 Å². The zero-order valence-corrected chi connectivity index (χ0v) is 9.99. The fourth-order valence-electron chi connectivity index (χ4n) is 1.29. The normalized spacial score (nSPS) is 10.2. The predicted octanol–water partition coefficient (Wildman–Crippen LogP) is 2.17. The van der Waals surface area contributed by atoms with E-state index in [4.69, 9.17) is 28.2 Å². The van der Waals surface area contributed by atoms with Crippen LogP contribution in [0.5, 0.6) is 0 Å². The van der Waals surface area contributed by atoms with Crippen molar-refractivity contribution in [1.82, 2.24) is 4.57 Å². The molecule has 4 nitrogen and oxygen atoms in total. The average molecular weight is 268 g/mol. The van der Waals surface area contributed by atoms with Gasteiger partial charge in [-0.15, -0.1) is 0 Å². The minimum Gasteiger partial charge on any atom is -0.395 e. The lowest BCUT2D eigenvalue weighted by molar-refractivity contribution is 0.468. The van der Waals surface area contributed by atoms with Crippen LogP contribution in [0.4, 0.5) is 0 Å². The lowest BCUT2D eigenvalue weighted by atomic mass is 10.3. The first-order chi connectivity index (χ1) is 8.08. The van der Waals surface area contributed by atoms with Crippen molar-refractivity contribution in [3.63, 3.8) is 0 Å². The van der Waals surface area contributed by atoms with Crippen LogP contribution < -0.4 is 11.2 Å². The van der Waals surface area contributed by atoms with E-state index in [0.29, 0.717) is 10.7 Å². The molecule has 0 bridgehead atoms. The molecule has 0 saturated heterocycles. The van der Waals surface area contributed by atoms with E-state index in [2.05, 4.69) is 0 Å². The Morgan fingerprint density at radius 2 is 1.71 bits per heavy atom. The number of halogens is 1. The maximum atomic E-state index is 11.7. The maximum absolute atomic E-state index is 11.7. The summed E-state index contributed by atoms with van der Waals surface area (Å²) < 4.78 is 5.87. The van der Waals surface area contributed by atoms with Gasteiger partial charge in [-0.25, -0.2) is 9.36 Å². The summed E-state index contributed by atoms with van der Waals surface area (Å²) in [6.45, 7) is 0. The quantitative estimate of drug-likeness (QED) is 0.743. The number of benzene rings is 1. The van der Waals surface area contributed by atoms with E-state index >= 15 is 0 Å². The molecular formula is C11H6ClNO3S. The van der Waals surface area contributed by atoms with Gasteiger partial charge in [-0.3, -0.25) is 4.79 Å². The second-order valence-electron chi connectivity index (χ2n) is 3.17. The van der Waals surface area contributed by atoms with Gasteiger partial charge < -0.3 is 4.42 Å². The molecule has 0 aliphatic heterocycles. The van der Waals surface area contributed by atoms with Crippen molar-refractivity contribution >= 4 is 23.8 Å². The molecule has 0 atom stereocenters. The first-order valence-corrected chi connectivity index (χ1v) is 5.40. The average Bonchev–Trinajstić information content (AvgIpc) is 2.40. The van der Waals surface area contributed by atoms with E-state index in [0.717, 1.165) is 16.7 Å². The van der Waals surface area contributed by atoms with Crippen LogP contribution in [-0.2, 0) is 0 Å². The van der Waals surface area contributed by atoms with E-state index in [-0.39, 0.29) is 4.84 Å². The fourth-order valence-corrected chi connectivity index (χ4v) is 1.70. The molecule has 1 heterocycles. The molecule has 0 aliphatic rings. The van der Waals surface area contributed by atoms with Crippen LogP contribution in [0.25, 0.3) is 5.69 Å². The van der Waals surface area contributed by atoms with E-state index in [1.165, 1.54) is 0 Å². The second-order valence-corrected chi connectivity index (χ2v) is 3.96. The van der Waals surface area contributed by atoms with E-state index in [1.807, 2.05) is 0 Å². The molecule has 0 amide bonds. The number of rotatable bonds is 1. The van der Waals surface area contributed by atoms with Crippen LogP contribution in [0.2, 0.25) is 5.02 Å². The van der Waals surface area contributed by atoms with Crippen molar-refractivity contribution in [1.29, 1.82) is 0 Å². The summed E-state index contributed by atoms with van der Waals surface area (Å²) in [5.74, 6) is 0. The third-order valence-electron chi connectivity index (χ3n) is 2.04. The summed E-state index contributed by atoms with van der Waals surface area (Å²) in [5.41, 5.74) is -0.619. The van der Waals surface area contributed by atoms with Crippen molar-refractivity contribution in [2.45, 2.75) is 0 Å². The van der Waals surface area contributed by atoms with E-state index in [1.54, 1.807) is 24.3 Å². The van der Waals surface area contributed by atoms with Crippen LogP contribution in [0.3, 0.4) is 0 Å². The summed E-state index contributed by atoms with van der Waals surface area (Å²) >= 11 is 10.6. The van der Waals surface area contributed by atoms with Crippen LogP contribution in [-0.4, -0.2) is 4.57 Å². The number of hydrogen-bond acceptors (Lipinski definition) is 4. The third-order valence-corrected chi connectivity index (χ3v) is 2.56. The Morgan fingerprint density at radius 3 is 2.35 bits per heavy atom. The highest BCUT2D eigenvalue weighted by Gasteiger charge is 2.02. The zero-order valence-electron chi connectivity index (χ0n) is 8.42. The van der Waals surface area contributed by atoms with Gasteiger partial charge in [-0.05, 0) is 36.5 Å². The molecule has 0 N–H and O–H groups in total. The Morgan fingerprint density at radius 1 is 1.06 bits per heavy atom. The molecule has 0 unspecified atom stereocenters. The van der Waals surface area contributed by atoms with Crippen LogP contribution >= 0.6 is 23.8 Å². The second kappa shape index (κ2) is 4.65. The van der Waals surface area contributed by atoms with Crippen molar-refractivity contribution < 1.29 is 4.42 Å². The number of nitrogens with zero attached hydrogens (tertiary/aromatic N) is 1. The van der Waals surface area contributed by atoms with Gasteiger partial charge in [0.1, 0.15) is 0 Å². The van der Waals surface area contributed by atoms with Gasteiger partial charge in [0.25, 0.3) is 10.4 Å². The molecule has 17 heavy (non-hydrogen) atoms. The minimum atomic E-state index is -0.667. The molecule has 1 aromatic carbocycles. The summed E-state index contributed by atoms with van der Waals surface area (Å²) in [6, 6.07) is 8.59. The highest BCUT2D eigenvalue weighted by molar-refractivity contribution is 7.71. The third kappa shape index (κ3) is 2.51. The molecular weight excluding hydrogens is 262 g/mol. The van der Waals surface area contributed by atoms with Gasteiger partial charge in [0.2, 0.25) is 0 Å². The largest absolute Gasteiger partial charge is 0.395 e. The van der Waals surface area contributed by atoms with Crippen molar-refractivity contribution in [3.05, 3.63) is 67.0 Å². The number of hydrogen-bond donors (Lipinski definition) is 0. The molecule has 1 aromatic heterocycles. The van der Waals surface area contributed by atoms with Gasteiger partial charge >= 0.3 is 5.63 Å². The molecule has 2 rings (SSSR count). The number of aromatic nitrogens is 1. The Bertz CT molecular complexity index is 718. The highest BCUT2D eigenvalue weighted by Crippen LogP contribution is 2.11. The smallest absolute Gasteiger partial charge is 0.338 e. The van der Waals surface area contributed by atoms with Crippen molar-refractivity contribution in [3.8, 4) is 5.69 Å². The van der Waals surface area contributed by atoms with E-state index in [9.17, 15) is 9.59 Å². The Labute approximate surface area is 106 Å². The molecule has 6 heteroatoms. The Balaban J connectivity index is 2.81. The van der Waals surface area contributed by atoms with Crippen molar-refractivity contribution in [2.75, 3.05) is 0 Å². The summed E-state index contributed by atoms with van der Waals surface area (Å²) in [7, 11) is 0. The Hall–Kier alpha value is -1.72. The van der Waals surface area contributed by atoms with Gasteiger partial charge in [0, 0.05) is 17.2 Å². The first kappa shape index (κ1) is 11.8. The standard InChI is InChI=1S/C11H6ClNO3S/c12-7-1-3-8(4-2-7)13-9(14)5-6-10(15)16-11(13)17/h1-6H. The highest BCUT2D eigenvalue weighted by atomic mass is 35.5. The maximum Gasteiger partial charge on any atom is 0.338 e. The van der Waals surface area contributed by atoms with Gasteiger partial charge in [-0.2, -0.15) is 0 Å². The lowest BCUT2D eigenvalue weighted by Crippen LogP contribution is -2.14. The van der Waals surface area contributed by atoms with Gasteiger partial charge in [-0.1, -0.05) is 11.6 Å². The SMILES string of the molecule is O=c1ccc(=O)n(-c2ccc(Cl)cc2)c(=S)o1. The minimum absolute atomic E-state index is 0.202. The van der Waals surface area contributed by atoms with Gasteiger partial charge in [0.05, 0.1) is 5.69 Å². The lowest BCUT2D eigenvalue weighted by Gasteiger charge is -2.01. The molecule has 2 aromatic rings. The van der Waals surface area contributed by atoms with Crippen LogP contribution in [0.15, 0.2) is 50.4 Å². The molecule has 0 aliphatic carbocycles. The molecule has 0 fully saturated rings. The fraction of sp³-hybridized carbons (Fsp3) is 0. The summed E-state index contributed by atoms with van der Waals surface area (Å²) in [6.07, 6.45) is 0. The monoisotopic (exact) mass is 267 g/mol. The zero-order chi connectivity index (χ0) is 12.4.